The Morgan fingerprint density at radius 1 is 1.19 bits per heavy atom. The second-order valence-electron chi connectivity index (χ2n) is 6.47. The molecule has 2 rings (SSSR count). The second kappa shape index (κ2) is 8.70. The van der Waals surface area contributed by atoms with Crippen molar-refractivity contribution in [2.75, 3.05) is 12.3 Å². The van der Waals surface area contributed by atoms with Gasteiger partial charge in [0.15, 0.2) is 9.84 Å². The largest absolute Gasteiger partial charge is 0.471 e. The van der Waals surface area contributed by atoms with E-state index in [1.54, 1.807) is 17.4 Å². The predicted octanol–water partition coefficient (Wildman–Crippen LogP) is 3.73. The molecule has 1 amide bonds. The Morgan fingerprint density at radius 2 is 1.88 bits per heavy atom. The van der Waals surface area contributed by atoms with E-state index in [4.69, 9.17) is 0 Å². The molecule has 0 spiro atoms. The lowest BCUT2D eigenvalue weighted by Crippen LogP contribution is -2.36. The Balaban J connectivity index is 1.98. The van der Waals surface area contributed by atoms with Gasteiger partial charge in [-0.1, -0.05) is 43.5 Å². The minimum atomic E-state index is -4.92. The van der Waals surface area contributed by atoms with Crippen LogP contribution in [-0.4, -0.2) is 32.8 Å². The molecule has 0 radical (unpaired) electrons. The molecule has 1 fully saturated rings. The Labute approximate surface area is 151 Å². The van der Waals surface area contributed by atoms with Crippen molar-refractivity contribution in [2.45, 2.75) is 43.2 Å². The van der Waals surface area contributed by atoms with E-state index in [0.29, 0.717) is 5.56 Å². The van der Waals surface area contributed by atoms with Gasteiger partial charge in [-0.05, 0) is 36.5 Å². The van der Waals surface area contributed by atoms with Crippen molar-refractivity contribution in [1.29, 1.82) is 0 Å². The van der Waals surface area contributed by atoms with Crippen LogP contribution >= 0.6 is 0 Å². The van der Waals surface area contributed by atoms with Crippen molar-refractivity contribution >= 4 is 21.8 Å². The summed E-state index contributed by atoms with van der Waals surface area (Å²) < 4.78 is 61.4. The fourth-order valence-corrected chi connectivity index (χ4v) is 4.77. The van der Waals surface area contributed by atoms with E-state index in [9.17, 15) is 26.4 Å². The zero-order chi connectivity index (χ0) is 19.2. The van der Waals surface area contributed by atoms with Crippen LogP contribution in [0.25, 0.3) is 6.08 Å². The van der Waals surface area contributed by atoms with Gasteiger partial charge in [-0.2, -0.15) is 13.2 Å². The summed E-state index contributed by atoms with van der Waals surface area (Å²) >= 11 is 0. The van der Waals surface area contributed by atoms with Gasteiger partial charge in [0.05, 0.1) is 10.6 Å². The summed E-state index contributed by atoms with van der Waals surface area (Å²) in [5, 5.41) is 1.72. The first-order valence-corrected chi connectivity index (χ1v) is 10.2. The first kappa shape index (κ1) is 20.5. The normalized spacial score (nSPS) is 16.7. The Morgan fingerprint density at radius 3 is 2.54 bits per heavy atom. The molecule has 4 nitrogen and oxygen atoms in total. The second-order valence-corrected chi connectivity index (χ2v) is 8.50. The summed E-state index contributed by atoms with van der Waals surface area (Å²) in [5.41, 5.74) is 0.552. The number of rotatable bonds is 6. The number of hydrogen-bond acceptors (Lipinski definition) is 3. The summed E-state index contributed by atoms with van der Waals surface area (Å²) in [6.07, 6.45) is 3.05. The molecule has 0 atom stereocenters. The molecule has 0 bridgehead atoms. The SMILES string of the molecule is O=C(NCC=Cc1cccc(S(=O)(=O)CC2CCCCC2)c1)C(F)(F)F. The standard InChI is InChI=1S/C18H22F3NO3S/c19-18(20,21)17(23)22-11-5-9-14-8-4-10-16(12-14)26(24,25)13-15-6-2-1-3-7-15/h4-5,8-10,12,15H,1-3,6-7,11,13H2,(H,22,23). The highest BCUT2D eigenvalue weighted by atomic mass is 32.2. The average Bonchev–Trinajstić information content (AvgIpc) is 2.58. The third kappa shape index (κ3) is 6.16. The van der Waals surface area contributed by atoms with E-state index in [0.717, 1.165) is 32.1 Å². The molecule has 26 heavy (non-hydrogen) atoms. The molecule has 1 aliphatic rings. The van der Waals surface area contributed by atoms with E-state index in [1.165, 1.54) is 24.3 Å². The molecule has 1 aromatic rings. The fourth-order valence-electron chi connectivity index (χ4n) is 3.02. The number of sulfone groups is 1. The number of benzene rings is 1. The molecule has 1 aliphatic carbocycles. The van der Waals surface area contributed by atoms with Gasteiger partial charge in [0, 0.05) is 6.54 Å². The number of nitrogens with one attached hydrogen (secondary N) is 1. The van der Waals surface area contributed by atoms with Crippen LogP contribution in [0.4, 0.5) is 13.2 Å². The number of amides is 1. The first-order valence-electron chi connectivity index (χ1n) is 8.53. The van der Waals surface area contributed by atoms with E-state index in [1.807, 2.05) is 0 Å². The molecule has 0 heterocycles. The molecular formula is C18H22F3NO3S. The summed E-state index contributed by atoms with van der Waals surface area (Å²) in [6, 6.07) is 6.28. The van der Waals surface area contributed by atoms with Gasteiger partial charge in [0.2, 0.25) is 0 Å². The molecule has 8 heteroatoms. The van der Waals surface area contributed by atoms with Crippen LogP contribution in [0.5, 0.6) is 0 Å². The number of carbonyl (C=O) groups is 1. The fraction of sp³-hybridized carbons (Fsp3) is 0.500. The van der Waals surface area contributed by atoms with Crippen LogP contribution in [0.15, 0.2) is 35.2 Å². The summed E-state index contributed by atoms with van der Waals surface area (Å²) in [5.74, 6) is -1.70. The highest BCUT2D eigenvalue weighted by Crippen LogP contribution is 2.27. The van der Waals surface area contributed by atoms with Gasteiger partial charge in [-0.25, -0.2) is 8.42 Å². The van der Waals surface area contributed by atoms with Crippen LogP contribution in [0, 0.1) is 5.92 Å². The van der Waals surface area contributed by atoms with Crippen molar-refractivity contribution in [3.8, 4) is 0 Å². The topological polar surface area (TPSA) is 63.2 Å². The zero-order valence-electron chi connectivity index (χ0n) is 14.3. The number of alkyl halides is 3. The van der Waals surface area contributed by atoms with E-state index >= 15 is 0 Å². The Kier molecular flexibility index (Phi) is 6.86. The van der Waals surface area contributed by atoms with Gasteiger partial charge < -0.3 is 5.32 Å². The smallest absolute Gasteiger partial charge is 0.345 e. The van der Waals surface area contributed by atoms with Crippen molar-refractivity contribution in [2.24, 2.45) is 5.92 Å². The minimum absolute atomic E-state index is 0.127. The van der Waals surface area contributed by atoms with Gasteiger partial charge >= 0.3 is 12.1 Å². The van der Waals surface area contributed by atoms with Crippen LogP contribution < -0.4 is 5.32 Å². The number of halogens is 3. The van der Waals surface area contributed by atoms with E-state index in [2.05, 4.69) is 0 Å². The zero-order valence-corrected chi connectivity index (χ0v) is 15.1. The van der Waals surface area contributed by atoms with Crippen molar-refractivity contribution in [3.05, 3.63) is 35.9 Å². The molecule has 1 N–H and O–H groups in total. The number of carbonyl (C=O) groups excluding carboxylic acids is 1. The van der Waals surface area contributed by atoms with Crippen LogP contribution in [0.3, 0.4) is 0 Å². The number of hydrogen-bond donors (Lipinski definition) is 1. The molecule has 1 saturated carbocycles. The quantitative estimate of drug-likeness (QED) is 0.806. The van der Waals surface area contributed by atoms with Crippen molar-refractivity contribution < 1.29 is 26.4 Å². The third-order valence-electron chi connectivity index (χ3n) is 4.35. The maximum Gasteiger partial charge on any atom is 0.471 e. The maximum atomic E-state index is 12.6. The lowest BCUT2D eigenvalue weighted by atomic mass is 9.91. The van der Waals surface area contributed by atoms with Crippen LogP contribution in [0.1, 0.15) is 37.7 Å². The lowest BCUT2D eigenvalue weighted by molar-refractivity contribution is -0.173. The molecular weight excluding hydrogens is 367 g/mol. The van der Waals surface area contributed by atoms with Crippen molar-refractivity contribution in [1.82, 2.24) is 5.32 Å². The molecule has 1 aromatic carbocycles. The monoisotopic (exact) mass is 389 g/mol. The summed E-state index contributed by atoms with van der Waals surface area (Å²) in [6.45, 7) is -0.294. The summed E-state index contributed by atoms with van der Waals surface area (Å²) in [4.78, 5) is 10.9. The Hall–Kier alpha value is -1.83. The van der Waals surface area contributed by atoms with Gasteiger partial charge in [-0.15, -0.1) is 0 Å². The molecule has 0 aromatic heterocycles. The van der Waals surface area contributed by atoms with Crippen LogP contribution in [-0.2, 0) is 14.6 Å². The van der Waals surface area contributed by atoms with E-state index in [-0.39, 0.29) is 23.1 Å². The van der Waals surface area contributed by atoms with Gasteiger partial charge in [-0.3, -0.25) is 4.79 Å². The van der Waals surface area contributed by atoms with E-state index < -0.39 is 21.9 Å². The highest BCUT2D eigenvalue weighted by molar-refractivity contribution is 7.91. The predicted molar refractivity (Wildman–Crippen MR) is 93.2 cm³/mol. The highest BCUT2D eigenvalue weighted by Gasteiger charge is 2.37. The Bertz CT molecular complexity index is 751. The van der Waals surface area contributed by atoms with Crippen LogP contribution in [0.2, 0.25) is 0 Å². The van der Waals surface area contributed by atoms with Gasteiger partial charge in [0.25, 0.3) is 0 Å². The van der Waals surface area contributed by atoms with Gasteiger partial charge in [0.1, 0.15) is 0 Å². The lowest BCUT2D eigenvalue weighted by Gasteiger charge is -2.21. The molecule has 144 valence electrons. The first-order chi connectivity index (χ1) is 12.2. The minimum Gasteiger partial charge on any atom is -0.345 e. The molecule has 0 aliphatic heterocycles. The molecule has 0 unspecified atom stereocenters. The average molecular weight is 389 g/mol. The maximum absolute atomic E-state index is 12.6. The molecule has 0 saturated heterocycles. The summed E-state index contributed by atoms with van der Waals surface area (Å²) in [7, 11) is -3.40. The van der Waals surface area contributed by atoms with Crippen molar-refractivity contribution in [3.63, 3.8) is 0 Å². The third-order valence-corrected chi connectivity index (χ3v) is 6.23.